The SMILES string of the molecule is CC1(C)CC(N/C(=C\C(=O)c2ccccc2)c2ccccc2)CC(C)(C)N1. The largest absolute Gasteiger partial charge is 0.382 e. The Kier molecular flexibility index (Phi) is 5.52. The predicted octanol–water partition coefficient (Wildman–Crippen LogP) is 4.81. The summed E-state index contributed by atoms with van der Waals surface area (Å²) in [5.41, 5.74) is 2.73. The van der Waals surface area contributed by atoms with Gasteiger partial charge in [-0.2, -0.15) is 0 Å². The van der Waals surface area contributed by atoms with Gasteiger partial charge in [0.25, 0.3) is 0 Å². The first-order valence-electron chi connectivity index (χ1n) is 9.67. The molecule has 0 bridgehead atoms. The van der Waals surface area contributed by atoms with Gasteiger partial charge in [0, 0.05) is 34.5 Å². The molecule has 1 aliphatic rings. The molecule has 1 saturated heterocycles. The Bertz CT molecular complexity index is 791. The first kappa shape index (κ1) is 19.4. The Labute approximate surface area is 162 Å². The summed E-state index contributed by atoms with van der Waals surface area (Å²) in [6, 6.07) is 19.9. The van der Waals surface area contributed by atoms with Crippen molar-refractivity contribution in [2.75, 3.05) is 0 Å². The fraction of sp³-hybridized carbons (Fsp3) is 0.375. The van der Waals surface area contributed by atoms with E-state index >= 15 is 0 Å². The maximum absolute atomic E-state index is 12.8. The summed E-state index contributed by atoms with van der Waals surface area (Å²) in [7, 11) is 0. The molecule has 2 N–H and O–H groups in total. The number of benzene rings is 2. The summed E-state index contributed by atoms with van der Waals surface area (Å²) in [5, 5.41) is 7.40. The first-order valence-corrected chi connectivity index (χ1v) is 9.67. The average Bonchev–Trinajstić information content (AvgIpc) is 2.60. The molecular formula is C24H30N2O. The van der Waals surface area contributed by atoms with Crippen LogP contribution in [0.1, 0.15) is 56.5 Å². The molecule has 0 amide bonds. The molecule has 1 fully saturated rings. The van der Waals surface area contributed by atoms with Gasteiger partial charge in [0.15, 0.2) is 5.78 Å². The Balaban J connectivity index is 1.89. The van der Waals surface area contributed by atoms with Crippen LogP contribution in [0.2, 0.25) is 0 Å². The van der Waals surface area contributed by atoms with Crippen LogP contribution in [0.4, 0.5) is 0 Å². The minimum atomic E-state index is 0.0226. The van der Waals surface area contributed by atoms with E-state index in [0.717, 1.165) is 24.1 Å². The highest BCUT2D eigenvalue weighted by Crippen LogP contribution is 2.30. The van der Waals surface area contributed by atoms with Crippen LogP contribution in [0.15, 0.2) is 66.7 Å². The minimum Gasteiger partial charge on any atom is -0.382 e. The zero-order valence-corrected chi connectivity index (χ0v) is 16.8. The highest BCUT2D eigenvalue weighted by molar-refractivity contribution is 6.08. The summed E-state index contributed by atoms with van der Waals surface area (Å²) in [6.07, 6.45) is 3.74. The molecule has 1 heterocycles. The number of hydrogen-bond acceptors (Lipinski definition) is 3. The van der Waals surface area contributed by atoms with Crippen molar-refractivity contribution in [2.45, 2.75) is 57.7 Å². The van der Waals surface area contributed by atoms with Crippen molar-refractivity contribution < 1.29 is 4.79 Å². The van der Waals surface area contributed by atoms with Crippen LogP contribution in [-0.2, 0) is 0 Å². The fourth-order valence-corrected chi connectivity index (χ4v) is 4.29. The Morgan fingerprint density at radius 1 is 0.889 bits per heavy atom. The van der Waals surface area contributed by atoms with Crippen LogP contribution in [0.25, 0.3) is 5.70 Å². The zero-order valence-electron chi connectivity index (χ0n) is 16.8. The number of carbonyl (C=O) groups excluding carboxylic acids is 1. The van der Waals surface area contributed by atoms with E-state index in [-0.39, 0.29) is 16.9 Å². The molecule has 0 unspecified atom stereocenters. The molecule has 0 saturated carbocycles. The van der Waals surface area contributed by atoms with E-state index in [1.807, 2.05) is 48.5 Å². The zero-order chi connectivity index (χ0) is 19.5. The van der Waals surface area contributed by atoms with Gasteiger partial charge >= 0.3 is 0 Å². The van der Waals surface area contributed by atoms with Gasteiger partial charge in [-0.05, 0) is 46.1 Å². The quantitative estimate of drug-likeness (QED) is 0.592. The smallest absolute Gasteiger partial charge is 0.187 e. The molecule has 0 radical (unpaired) electrons. The van der Waals surface area contributed by atoms with Gasteiger partial charge in [-0.1, -0.05) is 60.7 Å². The molecule has 0 spiro atoms. The standard InChI is InChI=1S/C24H30N2O/c1-23(2)16-20(17-24(3,4)26-23)25-21(18-11-7-5-8-12-18)15-22(27)19-13-9-6-10-14-19/h5-15,20,25-26H,16-17H2,1-4H3/b21-15-. The van der Waals surface area contributed by atoms with E-state index in [1.54, 1.807) is 6.08 Å². The average molecular weight is 363 g/mol. The molecule has 3 rings (SSSR count). The molecule has 2 aromatic carbocycles. The second-order valence-electron chi connectivity index (χ2n) is 8.80. The van der Waals surface area contributed by atoms with Crippen molar-refractivity contribution in [2.24, 2.45) is 0 Å². The third-order valence-electron chi connectivity index (χ3n) is 4.97. The molecule has 142 valence electrons. The summed E-state index contributed by atoms with van der Waals surface area (Å²) in [6.45, 7) is 8.96. The maximum Gasteiger partial charge on any atom is 0.187 e. The van der Waals surface area contributed by atoms with E-state index < -0.39 is 0 Å². The third kappa shape index (κ3) is 5.30. The van der Waals surface area contributed by atoms with Crippen molar-refractivity contribution >= 4 is 11.5 Å². The summed E-state index contributed by atoms with van der Waals surface area (Å²) in [4.78, 5) is 12.8. The van der Waals surface area contributed by atoms with Crippen LogP contribution in [0.3, 0.4) is 0 Å². The molecule has 1 aliphatic heterocycles. The third-order valence-corrected chi connectivity index (χ3v) is 4.97. The molecule has 3 nitrogen and oxygen atoms in total. The lowest BCUT2D eigenvalue weighted by molar-refractivity contribution is 0.104. The Morgan fingerprint density at radius 2 is 1.37 bits per heavy atom. The second kappa shape index (κ2) is 7.69. The first-order chi connectivity index (χ1) is 12.7. The fourth-order valence-electron chi connectivity index (χ4n) is 4.29. The normalized spacial score (nSPS) is 19.5. The van der Waals surface area contributed by atoms with Crippen LogP contribution in [0, 0.1) is 0 Å². The lowest BCUT2D eigenvalue weighted by Gasteiger charge is -2.47. The minimum absolute atomic E-state index is 0.0226. The number of carbonyl (C=O) groups is 1. The molecule has 0 aliphatic carbocycles. The number of piperidine rings is 1. The number of allylic oxidation sites excluding steroid dienone is 1. The van der Waals surface area contributed by atoms with Crippen LogP contribution >= 0.6 is 0 Å². The molecular weight excluding hydrogens is 332 g/mol. The second-order valence-corrected chi connectivity index (χ2v) is 8.80. The van der Waals surface area contributed by atoms with Gasteiger partial charge in [0.1, 0.15) is 0 Å². The van der Waals surface area contributed by atoms with Gasteiger partial charge in [-0.25, -0.2) is 0 Å². The van der Waals surface area contributed by atoms with E-state index in [1.165, 1.54) is 0 Å². The number of nitrogens with one attached hydrogen (secondary N) is 2. The lowest BCUT2D eigenvalue weighted by atomic mass is 9.79. The molecule has 0 atom stereocenters. The van der Waals surface area contributed by atoms with Gasteiger partial charge in [0.05, 0.1) is 0 Å². The Morgan fingerprint density at radius 3 is 1.89 bits per heavy atom. The summed E-state index contributed by atoms with van der Waals surface area (Å²) >= 11 is 0. The molecule has 0 aromatic heterocycles. The van der Waals surface area contributed by atoms with Crippen LogP contribution in [0.5, 0.6) is 0 Å². The topological polar surface area (TPSA) is 41.1 Å². The van der Waals surface area contributed by atoms with E-state index in [9.17, 15) is 4.79 Å². The van der Waals surface area contributed by atoms with Gasteiger partial charge < -0.3 is 10.6 Å². The van der Waals surface area contributed by atoms with Gasteiger partial charge in [-0.15, -0.1) is 0 Å². The molecule has 2 aromatic rings. The number of rotatable bonds is 5. The lowest BCUT2D eigenvalue weighted by Crippen LogP contribution is -2.61. The number of ketones is 1. The van der Waals surface area contributed by atoms with Crippen LogP contribution < -0.4 is 10.6 Å². The van der Waals surface area contributed by atoms with Crippen molar-refractivity contribution in [3.05, 3.63) is 77.9 Å². The van der Waals surface area contributed by atoms with Crippen molar-refractivity contribution in [1.29, 1.82) is 0 Å². The van der Waals surface area contributed by atoms with Gasteiger partial charge in [0.2, 0.25) is 0 Å². The highest BCUT2D eigenvalue weighted by atomic mass is 16.1. The Hall–Kier alpha value is -2.39. The van der Waals surface area contributed by atoms with Crippen LogP contribution in [-0.4, -0.2) is 22.9 Å². The molecule has 3 heteroatoms. The van der Waals surface area contributed by atoms with Crippen molar-refractivity contribution in [1.82, 2.24) is 10.6 Å². The molecule has 27 heavy (non-hydrogen) atoms. The maximum atomic E-state index is 12.8. The van der Waals surface area contributed by atoms with E-state index in [4.69, 9.17) is 0 Å². The van der Waals surface area contributed by atoms with E-state index in [0.29, 0.717) is 11.6 Å². The van der Waals surface area contributed by atoms with E-state index in [2.05, 4.69) is 50.5 Å². The number of hydrogen-bond donors (Lipinski definition) is 2. The summed E-state index contributed by atoms with van der Waals surface area (Å²) in [5.74, 6) is 0.0226. The van der Waals surface area contributed by atoms with Gasteiger partial charge in [-0.3, -0.25) is 4.79 Å². The monoisotopic (exact) mass is 362 g/mol. The summed E-state index contributed by atoms with van der Waals surface area (Å²) < 4.78 is 0. The predicted molar refractivity (Wildman–Crippen MR) is 113 cm³/mol. The van der Waals surface area contributed by atoms with Crippen molar-refractivity contribution in [3.8, 4) is 0 Å². The van der Waals surface area contributed by atoms with Crippen molar-refractivity contribution in [3.63, 3.8) is 0 Å². The highest BCUT2D eigenvalue weighted by Gasteiger charge is 2.37.